The van der Waals surface area contributed by atoms with Gasteiger partial charge in [-0.2, -0.15) is 0 Å². The third kappa shape index (κ3) is 2.31. The molecule has 1 aliphatic heterocycles. The SMILES string of the molecule is CCC(CC)C(NN)c1cccc2c1OCC2. The molecule has 0 amide bonds. The Bertz CT molecular complexity index is 374. The van der Waals surface area contributed by atoms with Crippen LogP contribution in [0.2, 0.25) is 0 Å². The van der Waals surface area contributed by atoms with E-state index in [1.807, 2.05) is 0 Å². The average molecular weight is 234 g/mol. The van der Waals surface area contributed by atoms with Crippen LogP contribution < -0.4 is 16.0 Å². The van der Waals surface area contributed by atoms with Gasteiger partial charge in [0.25, 0.3) is 0 Å². The molecule has 17 heavy (non-hydrogen) atoms. The summed E-state index contributed by atoms with van der Waals surface area (Å²) >= 11 is 0. The maximum Gasteiger partial charge on any atom is 0.127 e. The Hall–Kier alpha value is -1.06. The van der Waals surface area contributed by atoms with Gasteiger partial charge in [0.2, 0.25) is 0 Å². The summed E-state index contributed by atoms with van der Waals surface area (Å²) in [6.45, 7) is 5.22. The van der Waals surface area contributed by atoms with Gasteiger partial charge in [0.1, 0.15) is 5.75 Å². The highest BCUT2D eigenvalue weighted by Gasteiger charge is 2.25. The first-order valence-electron chi connectivity index (χ1n) is 6.52. The second-order valence-corrected chi connectivity index (χ2v) is 4.65. The summed E-state index contributed by atoms with van der Waals surface area (Å²) in [6, 6.07) is 6.58. The predicted octanol–water partition coefficient (Wildman–Crippen LogP) is 2.56. The lowest BCUT2D eigenvalue weighted by molar-refractivity contribution is 0.316. The molecule has 0 aliphatic carbocycles. The molecule has 3 nitrogen and oxygen atoms in total. The van der Waals surface area contributed by atoms with Crippen LogP contribution >= 0.6 is 0 Å². The number of hydrogen-bond acceptors (Lipinski definition) is 3. The van der Waals surface area contributed by atoms with Gasteiger partial charge < -0.3 is 4.74 Å². The van der Waals surface area contributed by atoms with Crippen LogP contribution in [0.15, 0.2) is 18.2 Å². The first kappa shape index (κ1) is 12.4. The first-order chi connectivity index (χ1) is 8.31. The topological polar surface area (TPSA) is 47.3 Å². The molecule has 1 aromatic rings. The van der Waals surface area contributed by atoms with Crippen molar-refractivity contribution in [3.8, 4) is 5.75 Å². The molecule has 94 valence electrons. The third-order valence-corrected chi connectivity index (χ3v) is 3.78. The van der Waals surface area contributed by atoms with E-state index in [0.717, 1.165) is 31.6 Å². The molecule has 1 aromatic carbocycles. The lowest BCUT2D eigenvalue weighted by Gasteiger charge is -2.26. The molecule has 1 aliphatic rings. The quantitative estimate of drug-likeness (QED) is 0.608. The number of benzene rings is 1. The molecular weight excluding hydrogens is 212 g/mol. The minimum absolute atomic E-state index is 0.193. The molecule has 0 aromatic heterocycles. The Morgan fingerprint density at radius 3 is 2.76 bits per heavy atom. The highest BCUT2D eigenvalue weighted by atomic mass is 16.5. The molecule has 0 radical (unpaired) electrons. The van der Waals surface area contributed by atoms with Crippen LogP contribution in [0.4, 0.5) is 0 Å². The van der Waals surface area contributed by atoms with Crippen molar-refractivity contribution < 1.29 is 4.74 Å². The average Bonchev–Trinajstić information content (AvgIpc) is 2.84. The Labute approximate surface area is 103 Å². The number of nitrogens with one attached hydrogen (secondary N) is 1. The van der Waals surface area contributed by atoms with Gasteiger partial charge in [-0.15, -0.1) is 0 Å². The summed E-state index contributed by atoms with van der Waals surface area (Å²) in [6.07, 6.45) is 3.26. The van der Waals surface area contributed by atoms with Crippen molar-refractivity contribution in [2.45, 2.75) is 39.2 Å². The van der Waals surface area contributed by atoms with Gasteiger partial charge in [-0.3, -0.25) is 11.3 Å². The van der Waals surface area contributed by atoms with Crippen molar-refractivity contribution in [3.63, 3.8) is 0 Å². The molecule has 0 saturated heterocycles. The number of rotatable bonds is 5. The van der Waals surface area contributed by atoms with Crippen LogP contribution in [0.1, 0.15) is 43.9 Å². The zero-order valence-corrected chi connectivity index (χ0v) is 10.7. The van der Waals surface area contributed by atoms with E-state index in [1.165, 1.54) is 11.1 Å². The van der Waals surface area contributed by atoms with Gasteiger partial charge in [-0.05, 0) is 11.5 Å². The number of nitrogens with two attached hydrogens (primary N) is 1. The molecule has 1 atom stereocenters. The van der Waals surface area contributed by atoms with E-state index < -0.39 is 0 Å². The molecule has 1 unspecified atom stereocenters. The first-order valence-corrected chi connectivity index (χ1v) is 6.52. The molecule has 3 heteroatoms. The zero-order valence-electron chi connectivity index (χ0n) is 10.7. The summed E-state index contributed by atoms with van der Waals surface area (Å²) in [5, 5.41) is 0. The van der Waals surface area contributed by atoms with Crippen molar-refractivity contribution in [1.29, 1.82) is 0 Å². The van der Waals surface area contributed by atoms with Gasteiger partial charge in [0, 0.05) is 12.0 Å². The predicted molar refractivity (Wildman–Crippen MR) is 69.8 cm³/mol. The fraction of sp³-hybridized carbons (Fsp3) is 0.571. The molecule has 2 rings (SSSR count). The normalized spacial score (nSPS) is 15.8. The van der Waals surface area contributed by atoms with E-state index in [-0.39, 0.29) is 6.04 Å². The Morgan fingerprint density at radius 1 is 1.35 bits per heavy atom. The largest absolute Gasteiger partial charge is 0.493 e. The standard InChI is InChI=1S/C14H22N2O/c1-3-10(4-2)13(16-15)12-7-5-6-11-8-9-17-14(11)12/h5-7,10,13,16H,3-4,8-9,15H2,1-2H3. The van der Waals surface area contributed by atoms with Gasteiger partial charge in [0.05, 0.1) is 12.6 Å². The lowest BCUT2D eigenvalue weighted by atomic mass is 9.88. The number of para-hydroxylation sites is 1. The van der Waals surface area contributed by atoms with E-state index in [1.54, 1.807) is 0 Å². The van der Waals surface area contributed by atoms with Crippen LogP contribution in [0.5, 0.6) is 5.75 Å². The highest BCUT2D eigenvalue weighted by Crippen LogP contribution is 2.37. The molecule has 3 N–H and O–H groups in total. The van der Waals surface area contributed by atoms with Crippen molar-refractivity contribution in [3.05, 3.63) is 29.3 Å². The summed E-state index contributed by atoms with van der Waals surface area (Å²) in [7, 11) is 0. The zero-order chi connectivity index (χ0) is 12.3. The molecule has 0 fully saturated rings. The second-order valence-electron chi connectivity index (χ2n) is 4.65. The Balaban J connectivity index is 2.34. The van der Waals surface area contributed by atoms with Gasteiger partial charge in [-0.1, -0.05) is 44.9 Å². The minimum atomic E-state index is 0.193. The van der Waals surface area contributed by atoms with E-state index in [9.17, 15) is 0 Å². The van der Waals surface area contributed by atoms with E-state index in [2.05, 4.69) is 37.5 Å². The van der Waals surface area contributed by atoms with Crippen molar-refractivity contribution >= 4 is 0 Å². The van der Waals surface area contributed by atoms with Gasteiger partial charge >= 0.3 is 0 Å². The van der Waals surface area contributed by atoms with E-state index >= 15 is 0 Å². The van der Waals surface area contributed by atoms with Gasteiger partial charge in [0.15, 0.2) is 0 Å². The molecule has 0 spiro atoms. The van der Waals surface area contributed by atoms with Crippen LogP contribution in [0, 0.1) is 5.92 Å². The van der Waals surface area contributed by atoms with Crippen molar-refractivity contribution in [2.24, 2.45) is 11.8 Å². The number of fused-ring (bicyclic) bond motifs is 1. The number of ether oxygens (including phenoxy) is 1. The van der Waals surface area contributed by atoms with E-state index in [4.69, 9.17) is 10.6 Å². The van der Waals surface area contributed by atoms with Crippen molar-refractivity contribution in [1.82, 2.24) is 5.43 Å². The highest BCUT2D eigenvalue weighted by molar-refractivity contribution is 5.45. The Kier molecular flexibility index (Phi) is 4.02. The molecular formula is C14H22N2O. The fourth-order valence-electron chi connectivity index (χ4n) is 2.73. The molecule has 0 bridgehead atoms. The summed E-state index contributed by atoms with van der Waals surface area (Å²) in [5.74, 6) is 7.35. The van der Waals surface area contributed by atoms with Gasteiger partial charge in [-0.25, -0.2) is 0 Å². The van der Waals surface area contributed by atoms with Crippen LogP contribution in [-0.4, -0.2) is 6.61 Å². The van der Waals surface area contributed by atoms with Crippen molar-refractivity contribution in [2.75, 3.05) is 6.61 Å². The third-order valence-electron chi connectivity index (χ3n) is 3.78. The number of hydrogen-bond donors (Lipinski definition) is 2. The molecule has 0 saturated carbocycles. The maximum atomic E-state index is 5.76. The minimum Gasteiger partial charge on any atom is -0.493 e. The summed E-state index contributed by atoms with van der Waals surface area (Å²) in [5.41, 5.74) is 5.50. The Morgan fingerprint density at radius 2 is 2.12 bits per heavy atom. The second kappa shape index (κ2) is 5.52. The van der Waals surface area contributed by atoms with Crippen LogP contribution in [0.25, 0.3) is 0 Å². The monoisotopic (exact) mass is 234 g/mol. The fourth-order valence-corrected chi connectivity index (χ4v) is 2.73. The number of hydrazine groups is 1. The lowest BCUT2D eigenvalue weighted by Crippen LogP contribution is -2.33. The van der Waals surface area contributed by atoms with E-state index in [0.29, 0.717) is 5.92 Å². The van der Waals surface area contributed by atoms with Crippen LogP contribution in [-0.2, 0) is 6.42 Å². The van der Waals surface area contributed by atoms with Crippen LogP contribution in [0.3, 0.4) is 0 Å². The maximum absolute atomic E-state index is 5.76. The summed E-state index contributed by atoms with van der Waals surface area (Å²) in [4.78, 5) is 0. The summed E-state index contributed by atoms with van der Waals surface area (Å²) < 4.78 is 5.76. The smallest absolute Gasteiger partial charge is 0.127 e. The molecule has 1 heterocycles.